The molecule has 0 aliphatic carbocycles. The molecular weight excluding hydrogens is 418 g/mol. The number of pyridine rings is 1. The van der Waals surface area contributed by atoms with Crippen LogP contribution in [0.2, 0.25) is 0 Å². The Hall–Kier alpha value is -2.89. The van der Waals surface area contributed by atoms with Crippen molar-refractivity contribution in [3.05, 3.63) is 47.5 Å². The Morgan fingerprint density at radius 3 is 2.33 bits per heavy atom. The van der Waals surface area contributed by atoms with E-state index in [0.717, 1.165) is 17.6 Å². The zero-order valence-electron chi connectivity index (χ0n) is 16.4. The monoisotopic (exact) mass is 436 g/mol. The topological polar surface area (TPSA) is 61.0 Å². The van der Waals surface area contributed by atoms with Gasteiger partial charge in [0.15, 0.2) is 17.1 Å². The van der Waals surface area contributed by atoms with Gasteiger partial charge in [0.05, 0.1) is 0 Å². The molecule has 164 valence electrons. The number of aliphatic imine (C=N–C) groups is 1. The van der Waals surface area contributed by atoms with E-state index >= 15 is 0 Å². The molecule has 0 radical (unpaired) electrons. The molecule has 0 amide bonds. The van der Waals surface area contributed by atoms with E-state index in [1.54, 1.807) is 0 Å². The van der Waals surface area contributed by atoms with Crippen LogP contribution in [0, 0.1) is 0 Å². The Bertz CT molecular complexity index is 1010. The lowest BCUT2D eigenvalue weighted by Crippen LogP contribution is -2.41. The van der Waals surface area contributed by atoms with E-state index in [9.17, 15) is 26.3 Å². The van der Waals surface area contributed by atoms with Gasteiger partial charge in [0.1, 0.15) is 0 Å². The number of fused-ring (bicyclic) bond motifs is 1. The number of hydrogen-bond donors (Lipinski definition) is 0. The summed E-state index contributed by atoms with van der Waals surface area (Å²) in [6.45, 7) is 5.85. The van der Waals surface area contributed by atoms with Crippen LogP contribution in [0.3, 0.4) is 0 Å². The van der Waals surface area contributed by atoms with Crippen LogP contribution < -0.4 is 0 Å². The second-order valence-electron chi connectivity index (χ2n) is 6.64. The summed E-state index contributed by atoms with van der Waals surface area (Å²) >= 11 is 0. The first-order valence-corrected chi connectivity index (χ1v) is 8.32. The Morgan fingerprint density at radius 1 is 1.17 bits per heavy atom. The first-order chi connectivity index (χ1) is 13.7. The molecule has 0 bridgehead atoms. The summed E-state index contributed by atoms with van der Waals surface area (Å²) in [5.41, 5.74) is -2.21. The van der Waals surface area contributed by atoms with Gasteiger partial charge < -0.3 is 9.47 Å². The normalized spacial score (nSPS) is 14.7. The molecule has 2 heterocycles. The zero-order valence-corrected chi connectivity index (χ0v) is 16.4. The number of alkyl halides is 5. The summed E-state index contributed by atoms with van der Waals surface area (Å²) in [4.78, 5) is 3.18. The maximum absolute atomic E-state index is 14.5. The number of nitrogens with zero attached hydrogens (tertiary/aromatic N) is 4. The zero-order chi connectivity index (χ0) is 22.9. The van der Waals surface area contributed by atoms with Gasteiger partial charge in [0.25, 0.3) is 5.88 Å². The second kappa shape index (κ2) is 8.09. The summed E-state index contributed by atoms with van der Waals surface area (Å²) in [5.74, 6) is -2.99. The summed E-state index contributed by atoms with van der Waals surface area (Å²) in [7, 11) is 0.794. The highest BCUT2D eigenvalue weighted by Gasteiger charge is 2.50. The number of halogens is 6. The van der Waals surface area contributed by atoms with Crippen LogP contribution >= 0.6 is 0 Å². The van der Waals surface area contributed by atoms with Crippen LogP contribution in [0.4, 0.5) is 26.3 Å². The molecule has 0 saturated carbocycles. The van der Waals surface area contributed by atoms with Crippen molar-refractivity contribution >= 4 is 17.9 Å². The average Bonchev–Trinajstić information content (AvgIpc) is 3.09. The minimum atomic E-state index is -4.79. The van der Waals surface area contributed by atoms with Gasteiger partial charge in [-0.3, -0.25) is 4.40 Å². The largest absolute Gasteiger partial charge is 0.460 e. The molecule has 2 aromatic heterocycles. The fourth-order valence-corrected chi connectivity index (χ4v) is 2.21. The molecule has 2 aromatic rings. The van der Waals surface area contributed by atoms with Crippen molar-refractivity contribution < 1.29 is 35.8 Å². The Morgan fingerprint density at radius 2 is 1.80 bits per heavy atom. The van der Waals surface area contributed by atoms with Crippen LogP contribution in [0.25, 0.3) is 11.2 Å². The first kappa shape index (κ1) is 23.4. The van der Waals surface area contributed by atoms with E-state index in [1.807, 2.05) is 0 Å². The Kier molecular flexibility index (Phi) is 6.31. The number of hydrogen-bond acceptors (Lipinski definition) is 5. The van der Waals surface area contributed by atoms with E-state index in [0.29, 0.717) is 13.8 Å². The van der Waals surface area contributed by atoms with Crippen LogP contribution in [-0.2, 0) is 15.6 Å². The lowest BCUT2D eigenvalue weighted by Gasteiger charge is -2.28. The molecule has 0 saturated heterocycles. The van der Waals surface area contributed by atoms with Crippen LogP contribution in [-0.4, -0.2) is 40.2 Å². The molecule has 0 N–H and O–H groups in total. The molecule has 0 fully saturated rings. The van der Waals surface area contributed by atoms with Gasteiger partial charge in [-0.1, -0.05) is 0 Å². The minimum Gasteiger partial charge on any atom is -0.460 e. The quantitative estimate of drug-likeness (QED) is 0.265. The van der Waals surface area contributed by atoms with Gasteiger partial charge in [-0.25, -0.2) is 9.38 Å². The van der Waals surface area contributed by atoms with E-state index in [2.05, 4.69) is 31.4 Å². The predicted octanol–water partition coefficient (Wildman–Crippen LogP) is 5.03. The van der Waals surface area contributed by atoms with Gasteiger partial charge in [-0.05, 0) is 56.8 Å². The number of rotatable bonds is 7. The third-order valence-electron chi connectivity index (χ3n) is 4.10. The van der Waals surface area contributed by atoms with Crippen LogP contribution in [0.15, 0.2) is 41.1 Å². The maximum Gasteiger partial charge on any atom is 0.427 e. The van der Waals surface area contributed by atoms with E-state index in [1.165, 1.54) is 25.3 Å². The third kappa shape index (κ3) is 4.64. The molecule has 0 aliphatic rings. The maximum atomic E-state index is 14.5. The van der Waals surface area contributed by atoms with Gasteiger partial charge in [0, 0.05) is 13.3 Å². The van der Waals surface area contributed by atoms with Crippen molar-refractivity contribution in [1.29, 1.82) is 0 Å². The third-order valence-corrected chi connectivity index (χ3v) is 4.10. The number of allylic oxidation sites excluding steroid dienone is 3. The van der Waals surface area contributed by atoms with Gasteiger partial charge in [-0.2, -0.15) is 22.0 Å². The molecule has 12 heteroatoms. The SMILES string of the molecule is C=N/C(OC(C)(C)C(F)(F)F)=C(F)\C=C(/C)c1ccc2nnc(C(F)(F)OC)n2c1. The van der Waals surface area contributed by atoms with Gasteiger partial charge in [0.2, 0.25) is 5.82 Å². The van der Waals surface area contributed by atoms with Crippen molar-refractivity contribution in [2.24, 2.45) is 4.99 Å². The summed E-state index contributed by atoms with van der Waals surface area (Å²) in [6, 6.07) is 2.80. The Balaban J connectivity index is 2.46. The number of ether oxygens (including phenoxy) is 2. The van der Waals surface area contributed by atoms with E-state index in [-0.39, 0.29) is 16.8 Å². The summed E-state index contributed by atoms with van der Waals surface area (Å²) in [6.07, 6.45) is -6.46. The minimum absolute atomic E-state index is 0.0815. The molecular formula is C18H18F6N4O2. The molecule has 30 heavy (non-hydrogen) atoms. The van der Waals surface area contributed by atoms with Crippen molar-refractivity contribution in [3.63, 3.8) is 0 Å². The molecule has 0 unspecified atom stereocenters. The first-order valence-electron chi connectivity index (χ1n) is 8.32. The second-order valence-corrected chi connectivity index (χ2v) is 6.64. The fraction of sp³-hybridized carbons (Fsp3) is 0.389. The average molecular weight is 436 g/mol. The fourth-order valence-electron chi connectivity index (χ4n) is 2.21. The van der Waals surface area contributed by atoms with Crippen LogP contribution in [0.5, 0.6) is 0 Å². The number of methoxy groups -OCH3 is 1. The van der Waals surface area contributed by atoms with E-state index < -0.39 is 35.4 Å². The predicted molar refractivity (Wildman–Crippen MR) is 96.4 cm³/mol. The lowest BCUT2D eigenvalue weighted by molar-refractivity contribution is -0.252. The van der Waals surface area contributed by atoms with Crippen LogP contribution in [0.1, 0.15) is 32.2 Å². The smallest absolute Gasteiger partial charge is 0.427 e. The lowest BCUT2D eigenvalue weighted by atomic mass is 10.1. The highest BCUT2D eigenvalue weighted by molar-refractivity contribution is 5.66. The summed E-state index contributed by atoms with van der Waals surface area (Å²) < 4.78 is 90.8. The molecule has 6 nitrogen and oxygen atoms in total. The molecule has 0 atom stereocenters. The number of aromatic nitrogens is 3. The van der Waals surface area contributed by atoms with Gasteiger partial charge in [-0.15, -0.1) is 10.2 Å². The molecule has 2 rings (SSSR count). The van der Waals surface area contributed by atoms with Crippen molar-refractivity contribution in [1.82, 2.24) is 14.6 Å². The van der Waals surface area contributed by atoms with Crippen molar-refractivity contribution in [3.8, 4) is 0 Å². The van der Waals surface area contributed by atoms with E-state index in [4.69, 9.17) is 0 Å². The highest BCUT2D eigenvalue weighted by atomic mass is 19.4. The standard InChI is InChI=1S/C18H18F6N4O2/c1-10(8-12(19)14(25-4)30-16(2,3)18(22,23)24)11-6-7-13-26-27-15(28(13)9-11)17(20,21)29-5/h6-9H,4H2,1-3,5H3/b10-8+,14-12-. The molecule has 0 aliphatic heterocycles. The molecule has 0 spiro atoms. The summed E-state index contributed by atoms with van der Waals surface area (Å²) in [5, 5.41) is 6.99. The van der Waals surface area contributed by atoms with Crippen molar-refractivity contribution in [2.75, 3.05) is 7.11 Å². The van der Waals surface area contributed by atoms with Gasteiger partial charge >= 0.3 is 12.3 Å². The van der Waals surface area contributed by atoms with Crippen molar-refractivity contribution in [2.45, 2.75) is 38.7 Å². The highest BCUT2D eigenvalue weighted by Crippen LogP contribution is 2.36. The molecule has 0 aromatic carbocycles. The Labute approximate surface area is 167 Å².